The van der Waals surface area contributed by atoms with Crippen molar-refractivity contribution in [2.24, 2.45) is 0 Å². The van der Waals surface area contributed by atoms with E-state index in [4.69, 9.17) is 6.42 Å². The molecule has 0 saturated carbocycles. The molecule has 0 bridgehead atoms. The van der Waals surface area contributed by atoms with Crippen LogP contribution < -0.4 is 10.0 Å². The topological polar surface area (TPSA) is 106 Å². The van der Waals surface area contributed by atoms with Gasteiger partial charge in [-0.1, -0.05) is 24.5 Å². The molecule has 1 aromatic heterocycles. The number of hydrogen-bond acceptors (Lipinski definition) is 5. The van der Waals surface area contributed by atoms with Crippen molar-refractivity contribution in [3.05, 3.63) is 59.9 Å². The molecule has 2 heterocycles. The van der Waals surface area contributed by atoms with E-state index in [9.17, 15) is 13.2 Å². The lowest BCUT2D eigenvalue weighted by Crippen LogP contribution is -2.24. The van der Waals surface area contributed by atoms with Crippen molar-refractivity contribution < 1.29 is 13.2 Å². The van der Waals surface area contributed by atoms with Gasteiger partial charge in [-0.05, 0) is 49.2 Å². The van der Waals surface area contributed by atoms with Crippen LogP contribution in [0.25, 0.3) is 11.4 Å². The van der Waals surface area contributed by atoms with E-state index in [-0.39, 0.29) is 17.3 Å². The molecule has 0 spiro atoms. The van der Waals surface area contributed by atoms with Crippen LogP contribution in [-0.4, -0.2) is 35.6 Å². The second kappa shape index (κ2) is 9.34. The van der Waals surface area contributed by atoms with Gasteiger partial charge in [0.25, 0.3) is 5.91 Å². The first-order valence-electron chi connectivity index (χ1n) is 10.3. The van der Waals surface area contributed by atoms with Crippen LogP contribution in [0.15, 0.2) is 53.4 Å². The zero-order valence-electron chi connectivity index (χ0n) is 17.4. The molecular formula is C23H23N5O3S. The zero-order valence-corrected chi connectivity index (χ0v) is 18.2. The average molecular weight is 450 g/mol. The molecule has 8 nitrogen and oxygen atoms in total. The Bertz CT molecular complexity index is 1270. The highest BCUT2D eigenvalue weighted by Crippen LogP contribution is 2.25. The van der Waals surface area contributed by atoms with Crippen LogP contribution in [0.1, 0.15) is 35.4 Å². The largest absolute Gasteiger partial charge is 0.322 e. The molecule has 9 heteroatoms. The molecule has 1 aliphatic heterocycles. The van der Waals surface area contributed by atoms with Crippen molar-refractivity contribution >= 4 is 21.6 Å². The lowest BCUT2D eigenvalue weighted by molar-refractivity contribution is 0.102. The van der Waals surface area contributed by atoms with Gasteiger partial charge in [-0.15, -0.1) is 16.6 Å². The fourth-order valence-electron chi connectivity index (χ4n) is 3.64. The van der Waals surface area contributed by atoms with E-state index in [0.717, 1.165) is 43.0 Å². The molecule has 1 aliphatic rings. The number of amides is 1. The highest BCUT2D eigenvalue weighted by atomic mass is 32.2. The molecule has 0 saturated heterocycles. The first-order chi connectivity index (χ1) is 15.5. The first kappa shape index (κ1) is 21.7. The van der Waals surface area contributed by atoms with Crippen molar-refractivity contribution in [1.29, 1.82) is 0 Å². The Hall–Kier alpha value is -3.48. The number of sulfonamides is 1. The molecule has 2 N–H and O–H groups in total. The zero-order chi connectivity index (χ0) is 22.6. The summed E-state index contributed by atoms with van der Waals surface area (Å²) in [6, 6.07) is 13.1. The molecular weight excluding hydrogens is 426 g/mol. The summed E-state index contributed by atoms with van der Waals surface area (Å²) < 4.78 is 28.7. The molecule has 0 aliphatic carbocycles. The number of carbonyl (C=O) groups is 1. The quantitative estimate of drug-likeness (QED) is 0.563. The van der Waals surface area contributed by atoms with Gasteiger partial charge >= 0.3 is 0 Å². The first-order valence-corrected chi connectivity index (χ1v) is 11.8. The number of benzene rings is 2. The summed E-state index contributed by atoms with van der Waals surface area (Å²) in [5.74, 6) is 3.67. The number of fused-ring (bicyclic) bond motifs is 1. The molecule has 2 aromatic carbocycles. The van der Waals surface area contributed by atoms with Gasteiger partial charge in [0.2, 0.25) is 10.0 Å². The predicted octanol–water partition coefficient (Wildman–Crippen LogP) is 2.84. The molecule has 0 radical (unpaired) electrons. The third-order valence-corrected chi connectivity index (χ3v) is 6.70. The van der Waals surface area contributed by atoms with E-state index in [0.29, 0.717) is 11.3 Å². The summed E-state index contributed by atoms with van der Waals surface area (Å²) in [7, 11) is -3.70. The average Bonchev–Trinajstić information content (AvgIpc) is 3.06. The molecule has 0 unspecified atom stereocenters. The Morgan fingerprint density at radius 2 is 1.91 bits per heavy atom. The van der Waals surface area contributed by atoms with Gasteiger partial charge in [0, 0.05) is 29.8 Å². The van der Waals surface area contributed by atoms with Crippen LogP contribution in [0.5, 0.6) is 0 Å². The number of carbonyl (C=O) groups excluding carboxylic acids is 1. The van der Waals surface area contributed by atoms with E-state index < -0.39 is 10.0 Å². The van der Waals surface area contributed by atoms with E-state index in [2.05, 4.69) is 30.7 Å². The molecule has 3 aromatic rings. The summed E-state index contributed by atoms with van der Waals surface area (Å²) in [6.45, 7) is 0.788. The number of anilines is 1. The Morgan fingerprint density at radius 3 is 2.69 bits per heavy atom. The van der Waals surface area contributed by atoms with Crippen molar-refractivity contribution in [3.8, 4) is 23.7 Å². The summed E-state index contributed by atoms with van der Waals surface area (Å²) >= 11 is 0. The van der Waals surface area contributed by atoms with Crippen LogP contribution in [0.4, 0.5) is 5.69 Å². The van der Waals surface area contributed by atoms with Crippen molar-refractivity contribution in [2.45, 2.75) is 37.1 Å². The van der Waals surface area contributed by atoms with Crippen molar-refractivity contribution in [1.82, 2.24) is 19.5 Å². The van der Waals surface area contributed by atoms with Crippen LogP contribution >= 0.6 is 0 Å². The molecule has 1 amide bonds. The van der Waals surface area contributed by atoms with Gasteiger partial charge in [-0.3, -0.25) is 4.79 Å². The third kappa shape index (κ3) is 4.72. The van der Waals surface area contributed by atoms with Gasteiger partial charge in [0.15, 0.2) is 5.82 Å². The number of terminal acetylenes is 1. The Kier molecular flexibility index (Phi) is 6.35. The minimum absolute atomic E-state index is 0.0406. The van der Waals surface area contributed by atoms with E-state index >= 15 is 0 Å². The molecule has 164 valence electrons. The van der Waals surface area contributed by atoms with Crippen LogP contribution in [0.2, 0.25) is 0 Å². The smallest absolute Gasteiger partial charge is 0.255 e. The number of nitrogens with one attached hydrogen (secondary N) is 2. The minimum Gasteiger partial charge on any atom is -0.322 e. The SMILES string of the molecule is C#CCNS(=O)(=O)c1ccc(C(=O)Nc2cccc(-c3nnc4n3CCCCC4)c2)cc1. The summed E-state index contributed by atoms with van der Waals surface area (Å²) in [4.78, 5) is 12.7. The lowest BCUT2D eigenvalue weighted by atomic mass is 10.1. The second-order valence-corrected chi connectivity index (χ2v) is 9.26. The fraction of sp³-hybridized carbons (Fsp3) is 0.261. The van der Waals surface area contributed by atoms with Gasteiger partial charge in [-0.25, -0.2) is 8.42 Å². The molecule has 0 fully saturated rings. The maximum Gasteiger partial charge on any atom is 0.255 e. The summed E-state index contributed by atoms with van der Waals surface area (Å²) in [6.07, 6.45) is 9.41. The molecule has 4 rings (SSSR count). The van der Waals surface area contributed by atoms with E-state index in [1.54, 1.807) is 6.07 Å². The van der Waals surface area contributed by atoms with Crippen molar-refractivity contribution in [3.63, 3.8) is 0 Å². The number of aryl methyl sites for hydroxylation is 1. The van der Waals surface area contributed by atoms with E-state index in [1.165, 1.54) is 30.7 Å². The highest BCUT2D eigenvalue weighted by Gasteiger charge is 2.17. The van der Waals surface area contributed by atoms with Gasteiger partial charge in [0.05, 0.1) is 11.4 Å². The second-order valence-electron chi connectivity index (χ2n) is 7.49. The molecule has 32 heavy (non-hydrogen) atoms. The Balaban J connectivity index is 1.50. The summed E-state index contributed by atoms with van der Waals surface area (Å²) in [5, 5.41) is 11.6. The van der Waals surface area contributed by atoms with Crippen LogP contribution in [0, 0.1) is 12.3 Å². The predicted molar refractivity (Wildman–Crippen MR) is 121 cm³/mol. The van der Waals surface area contributed by atoms with Gasteiger partial charge < -0.3 is 9.88 Å². The number of rotatable bonds is 6. The number of aromatic nitrogens is 3. The Morgan fingerprint density at radius 1 is 1.09 bits per heavy atom. The van der Waals surface area contributed by atoms with Gasteiger partial charge in [0.1, 0.15) is 5.82 Å². The monoisotopic (exact) mass is 449 g/mol. The number of hydrogen-bond donors (Lipinski definition) is 2. The van der Waals surface area contributed by atoms with Gasteiger partial charge in [-0.2, -0.15) is 4.72 Å². The fourth-order valence-corrected chi connectivity index (χ4v) is 4.58. The highest BCUT2D eigenvalue weighted by molar-refractivity contribution is 7.89. The van der Waals surface area contributed by atoms with Crippen LogP contribution in [0.3, 0.4) is 0 Å². The minimum atomic E-state index is -3.70. The maximum absolute atomic E-state index is 12.7. The molecule has 0 atom stereocenters. The van der Waals surface area contributed by atoms with Crippen LogP contribution in [-0.2, 0) is 23.0 Å². The Labute approximate surface area is 187 Å². The lowest BCUT2D eigenvalue weighted by Gasteiger charge is -2.10. The van der Waals surface area contributed by atoms with E-state index in [1.807, 2.05) is 18.2 Å². The third-order valence-electron chi connectivity index (χ3n) is 5.28. The summed E-state index contributed by atoms with van der Waals surface area (Å²) in [5.41, 5.74) is 1.83. The number of nitrogens with zero attached hydrogens (tertiary/aromatic N) is 3. The standard InChI is InChI=1S/C23H23N5O3S/c1-2-14-24-32(30,31)20-12-10-17(11-13-20)23(29)25-19-8-6-7-18(16-19)22-27-26-21-9-4-3-5-15-28(21)22/h1,6-8,10-13,16,24H,3-5,9,14-15H2,(H,25,29). The maximum atomic E-state index is 12.7. The van der Waals surface area contributed by atoms with Crippen molar-refractivity contribution in [2.75, 3.05) is 11.9 Å². The normalized spacial score (nSPS) is 13.6.